The van der Waals surface area contributed by atoms with Crippen molar-refractivity contribution in [1.29, 1.82) is 0 Å². The van der Waals surface area contributed by atoms with Gasteiger partial charge in [0, 0.05) is 25.3 Å². The van der Waals surface area contributed by atoms with E-state index in [-0.39, 0.29) is 11.2 Å². The van der Waals surface area contributed by atoms with E-state index < -0.39 is 0 Å². The molecule has 158 valence electrons. The van der Waals surface area contributed by atoms with Gasteiger partial charge in [-0.05, 0) is 56.1 Å². The van der Waals surface area contributed by atoms with Crippen LogP contribution in [0.4, 0.5) is 5.69 Å². The van der Waals surface area contributed by atoms with E-state index in [1.54, 1.807) is 12.1 Å². The van der Waals surface area contributed by atoms with E-state index in [1.807, 2.05) is 12.1 Å². The second-order valence-corrected chi connectivity index (χ2v) is 7.79. The smallest absolute Gasteiger partial charge is 0.328 e. The number of hydrogen-bond acceptors (Lipinski definition) is 5. The fraction of sp³-hybridized carbons (Fsp3) is 0.391. The van der Waals surface area contributed by atoms with Gasteiger partial charge in [-0.3, -0.25) is 14.3 Å². The van der Waals surface area contributed by atoms with Gasteiger partial charge in [0.2, 0.25) is 0 Å². The molecule has 1 aliphatic heterocycles. The molecule has 0 atom stereocenters. The first-order valence-corrected chi connectivity index (χ1v) is 10.7. The molecule has 1 aromatic heterocycles. The quantitative estimate of drug-likeness (QED) is 0.474. The Balaban J connectivity index is 1.14. The van der Waals surface area contributed by atoms with Gasteiger partial charge in [0.25, 0.3) is 5.56 Å². The molecule has 2 aromatic carbocycles. The van der Waals surface area contributed by atoms with Crippen LogP contribution < -0.4 is 21.9 Å². The number of para-hydroxylation sites is 2. The fourth-order valence-corrected chi connectivity index (χ4v) is 3.96. The monoisotopic (exact) mass is 407 g/mol. The summed E-state index contributed by atoms with van der Waals surface area (Å²) < 4.78 is 1.30. The van der Waals surface area contributed by atoms with Crippen LogP contribution in [0.5, 0.6) is 0 Å². The molecular weight excluding hydrogens is 378 g/mol. The number of rotatable bonds is 9. The first-order valence-electron chi connectivity index (χ1n) is 10.7. The van der Waals surface area contributed by atoms with Crippen molar-refractivity contribution in [1.82, 2.24) is 19.8 Å². The average molecular weight is 408 g/mol. The standard InChI is InChI=1S/C23H29N5O2/c29-22-19-9-2-4-11-21(19)26-23(30)28(22)15-7-13-24-12-5-6-14-27-16-18-8-1-3-10-20(18)25-17-27/h1-4,8-11,24-25H,5-7,12-17H2,(H,26,30). The molecule has 0 fully saturated rings. The van der Waals surface area contributed by atoms with Crippen LogP contribution in [0.25, 0.3) is 10.9 Å². The Bertz CT molecular complexity index is 1100. The first kappa shape index (κ1) is 20.4. The zero-order valence-electron chi connectivity index (χ0n) is 17.2. The lowest BCUT2D eigenvalue weighted by molar-refractivity contribution is 0.269. The van der Waals surface area contributed by atoms with Gasteiger partial charge in [0.15, 0.2) is 0 Å². The molecule has 0 amide bonds. The molecule has 0 bridgehead atoms. The molecule has 0 aliphatic carbocycles. The summed E-state index contributed by atoms with van der Waals surface area (Å²) in [5.41, 5.74) is 2.65. The SMILES string of the molecule is O=c1[nH]c2ccccc2c(=O)n1CCCNCCCCN1CNc2ccccc2C1. The Kier molecular flexibility index (Phi) is 6.61. The molecule has 30 heavy (non-hydrogen) atoms. The molecule has 1 aliphatic rings. The lowest BCUT2D eigenvalue weighted by atomic mass is 10.1. The van der Waals surface area contributed by atoms with E-state index in [1.165, 1.54) is 15.8 Å². The highest BCUT2D eigenvalue weighted by molar-refractivity contribution is 5.76. The number of anilines is 1. The Morgan fingerprint density at radius 3 is 2.63 bits per heavy atom. The number of aromatic nitrogens is 2. The summed E-state index contributed by atoms with van der Waals surface area (Å²) in [6, 6.07) is 15.6. The second-order valence-electron chi connectivity index (χ2n) is 7.79. The minimum atomic E-state index is -0.338. The van der Waals surface area contributed by atoms with Gasteiger partial charge < -0.3 is 15.6 Å². The zero-order valence-corrected chi connectivity index (χ0v) is 17.2. The van der Waals surface area contributed by atoms with Gasteiger partial charge in [-0.15, -0.1) is 0 Å². The van der Waals surface area contributed by atoms with Crippen molar-refractivity contribution in [3.05, 3.63) is 74.9 Å². The third-order valence-corrected chi connectivity index (χ3v) is 5.61. The normalized spacial score (nSPS) is 13.9. The Labute approximate surface area is 175 Å². The molecule has 0 spiro atoms. The molecule has 0 radical (unpaired) electrons. The largest absolute Gasteiger partial charge is 0.372 e. The number of benzene rings is 2. The molecule has 7 heteroatoms. The van der Waals surface area contributed by atoms with Crippen LogP contribution in [0.3, 0.4) is 0 Å². The third-order valence-electron chi connectivity index (χ3n) is 5.61. The van der Waals surface area contributed by atoms with Gasteiger partial charge in [0.1, 0.15) is 0 Å². The second kappa shape index (κ2) is 9.73. The summed E-state index contributed by atoms with van der Waals surface area (Å²) in [5, 5.41) is 7.45. The summed E-state index contributed by atoms with van der Waals surface area (Å²) in [6.07, 6.45) is 2.99. The van der Waals surface area contributed by atoms with Crippen LogP contribution in [-0.2, 0) is 13.1 Å². The summed E-state index contributed by atoms with van der Waals surface area (Å²) >= 11 is 0. The van der Waals surface area contributed by atoms with Gasteiger partial charge >= 0.3 is 5.69 Å². The molecule has 0 saturated carbocycles. The van der Waals surface area contributed by atoms with Crippen LogP contribution in [0.2, 0.25) is 0 Å². The van der Waals surface area contributed by atoms with Crippen molar-refractivity contribution < 1.29 is 0 Å². The van der Waals surface area contributed by atoms with E-state index in [0.29, 0.717) is 17.4 Å². The van der Waals surface area contributed by atoms with Gasteiger partial charge in [0.05, 0.1) is 17.6 Å². The number of fused-ring (bicyclic) bond motifs is 2. The molecule has 3 N–H and O–H groups in total. The minimum Gasteiger partial charge on any atom is -0.372 e. The lowest BCUT2D eigenvalue weighted by Gasteiger charge is -2.29. The molecule has 3 aromatic rings. The Morgan fingerprint density at radius 2 is 1.70 bits per heavy atom. The molecular formula is C23H29N5O2. The van der Waals surface area contributed by atoms with Gasteiger partial charge in [-0.1, -0.05) is 30.3 Å². The van der Waals surface area contributed by atoms with Crippen LogP contribution in [0.15, 0.2) is 58.1 Å². The van der Waals surface area contributed by atoms with Crippen molar-refractivity contribution in [2.24, 2.45) is 0 Å². The predicted molar refractivity (Wildman–Crippen MR) is 121 cm³/mol. The van der Waals surface area contributed by atoms with Crippen molar-refractivity contribution in [2.45, 2.75) is 32.4 Å². The topological polar surface area (TPSA) is 82.2 Å². The summed E-state index contributed by atoms with van der Waals surface area (Å²) in [6.45, 7) is 5.14. The van der Waals surface area contributed by atoms with E-state index in [4.69, 9.17) is 0 Å². The van der Waals surface area contributed by atoms with Gasteiger partial charge in [-0.25, -0.2) is 4.79 Å². The molecule has 0 unspecified atom stereocenters. The van der Waals surface area contributed by atoms with Gasteiger partial charge in [-0.2, -0.15) is 0 Å². The van der Waals surface area contributed by atoms with E-state index >= 15 is 0 Å². The highest BCUT2D eigenvalue weighted by Crippen LogP contribution is 2.21. The summed E-state index contributed by atoms with van der Waals surface area (Å²) in [4.78, 5) is 29.9. The number of hydrogen-bond donors (Lipinski definition) is 3. The molecule has 0 saturated heterocycles. The summed E-state index contributed by atoms with van der Waals surface area (Å²) in [5.74, 6) is 0. The minimum absolute atomic E-state index is 0.217. The number of H-pyrrole nitrogens is 1. The van der Waals surface area contributed by atoms with Crippen LogP contribution in [0.1, 0.15) is 24.8 Å². The van der Waals surface area contributed by atoms with Crippen molar-refractivity contribution in [3.8, 4) is 0 Å². The zero-order chi connectivity index (χ0) is 20.8. The van der Waals surface area contributed by atoms with Crippen LogP contribution in [-0.4, -0.2) is 40.8 Å². The number of nitrogens with one attached hydrogen (secondary N) is 3. The highest BCUT2D eigenvalue weighted by Gasteiger charge is 2.14. The van der Waals surface area contributed by atoms with Crippen LogP contribution in [0, 0.1) is 0 Å². The fourth-order valence-electron chi connectivity index (χ4n) is 3.96. The number of nitrogens with zero attached hydrogens (tertiary/aromatic N) is 2. The molecule has 2 heterocycles. The Hall–Kier alpha value is -2.90. The predicted octanol–water partition coefficient (Wildman–Crippen LogP) is 2.33. The number of aromatic amines is 1. The molecule has 4 rings (SSSR count). The third kappa shape index (κ3) is 4.80. The summed E-state index contributed by atoms with van der Waals surface area (Å²) in [7, 11) is 0. The lowest BCUT2D eigenvalue weighted by Crippen LogP contribution is -2.36. The number of unbranched alkanes of at least 4 members (excludes halogenated alkanes) is 1. The molecule has 7 nitrogen and oxygen atoms in total. The van der Waals surface area contributed by atoms with Crippen molar-refractivity contribution in [2.75, 3.05) is 31.6 Å². The van der Waals surface area contributed by atoms with E-state index in [0.717, 1.165) is 52.1 Å². The van der Waals surface area contributed by atoms with E-state index in [9.17, 15) is 9.59 Å². The van der Waals surface area contributed by atoms with E-state index in [2.05, 4.69) is 44.8 Å². The van der Waals surface area contributed by atoms with Crippen molar-refractivity contribution >= 4 is 16.6 Å². The maximum absolute atomic E-state index is 12.5. The van der Waals surface area contributed by atoms with Crippen LogP contribution >= 0.6 is 0 Å². The highest BCUT2D eigenvalue weighted by atomic mass is 16.2. The average Bonchev–Trinajstić information content (AvgIpc) is 2.77. The Morgan fingerprint density at radius 1 is 0.900 bits per heavy atom. The maximum Gasteiger partial charge on any atom is 0.328 e. The maximum atomic E-state index is 12.5. The van der Waals surface area contributed by atoms with Crippen molar-refractivity contribution in [3.63, 3.8) is 0 Å². The first-order chi connectivity index (χ1) is 14.7.